The van der Waals surface area contributed by atoms with Gasteiger partial charge in [-0.1, -0.05) is 103 Å². The van der Waals surface area contributed by atoms with Crippen molar-refractivity contribution in [1.82, 2.24) is 4.90 Å². The Balaban J connectivity index is 1.63. The molecule has 0 saturated heterocycles. The average molecular weight is 631 g/mol. The summed E-state index contributed by atoms with van der Waals surface area (Å²) in [5.41, 5.74) is 1.32. The van der Waals surface area contributed by atoms with Gasteiger partial charge in [0, 0.05) is 24.9 Å². The van der Waals surface area contributed by atoms with Gasteiger partial charge in [0.05, 0.1) is 29.1 Å². The zero-order valence-corrected chi connectivity index (χ0v) is 25.0. The van der Waals surface area contributed by atoms with Crippen LogP contribution in [0.5, 0.6) is 5.75 Å². The van der Waals surface area contributed by atoms with Gasteiger partial charge < -0.3 is 9.84 Å². The van der Waals surface area contributed by atoms with Crippen molar-refractivity contribution in [2.75, 3.05) is 13.2 Å². The van der Waals surface area contributed by atoms with E-state index < -0.39 is 23.2 Å². The van der Waals surface area contributed by atoms with E-state index in [1.165, 1.54) is 6.07 Å². The van der Waals surface area contributed by atoms with Gasteiger partial charge in [-0.2, -0.15) is 13.2 Å². The SMILES string of the molecule is C[C@@H](COc1cccc(CC(=O)O)c1)CN(Cc1cccc(C(F)(F)F)c1Cl)C(Cl)C(c1ccccc1)c1ccccc1. The minimum absolute atomic E-state index is 0.0749. The number of hydrogen-bond donors (Lipinski definition) is 1. The molecule has 0 aliphatic heterocycles. The molecule has 4 rings (SSSR count). The van der Waals surface area contributed by atoms with Crippen molar-refractivity contribution in [1.29, 1.82) is 0 Å². The first-order valence-electron chi connectivity index (χ1n) is 13.8. The van der Waals surface area contributed by atoms with Crippen LogP contribution in [0, 0.1) is 5.92 Å². The normalized spacial score (nSPS) is 13.2. The number of aliphatic carboxylic acids is 1. The standard InChI is InChI=1S/C34H32Cl2F3NO3/c1-23(22-43-28-16-8-10-24(18-28)19-30(41)42)20-40(21-27-15-9-17-29(32(27)35)34(37,38)39)33(36)31(25-11-4-2-5-12-25)26-13-6-3-7-14-26/h2-18,23,31,33H,19-22H2,1H3,(H,41,42)/t23-,33?/m1/s1. The van der Waals surface area contributed by atoms with Crippen LogP contribution in [0.25, 0.3) is 0 Å². The van der Waals surface area contributed by atoms with Gasteiger partial charge in [0.2, 0.25) is 0 Å². The number of carboxylic acids is 1. The van der Waals surface area contributed by atoms with E-state index in [0.29, 0.717) is 23.4 Å². The van der Waals surface area contributed by atoms with Gasteiger partial charge >= 0.3 is 12.1 Å². The molecule has 4 aromatic carbocycles. The van der Waals surface area contributed by atoms with E-state index in [9.17, 15) is 18.0 Å². The first-order chi connectivity index (χ1) is 20.5. The number of carboxylic acid groups (broad SMARTS) is 1. The second kappa shape index (κ2) is 14.8. The Labute approximate surface area is 259 Å². The lowest BCUT2D eigenvalue weighted by atomic mass is 9.90. The summed E-state index contributed by atoms with van der Waals surface area (Å²) in [6.45, 7) is 2.69. The van der Waals surface area contributed by atoms with Crippen molar-refractivity contribution in [2.45, 2.75) is 37.5 Å². The lowest BCUT2D eigenvalue weighted by Gasteiger charge is -2.35. The van der Waals surface area contributed by atoms with E-state index in [-0.39, 0.29) is 36.4 Å². The molecule has 0 bridgehead atoms. The van der Waals surface area contributed by atoms with Crippen molar-refractivity contribution in [3.63, 3.8) is 0 Å². The fraction of sp³-hybridized carbons (Fsp3) is 0.265. The third-order valence-electron chi connectivity index (χ3n) is 7.03. The second-order valence-corrected chi connectivity index (χ2v) is 11.3. The highest BCUT2D eigenvalue weighted by Gasteiger charge is 2.35. The topological polar surface area (TPSA) is 49.8 Å². The van der Waals surface area contributed by atoms with E-state index in [1.807, 2.05) is 72.5 Å². The van der Waals surface area contributed by atoms with Crippen LogP contribution in [0.3, 0.4) is 0 Å². The summed E-state index contributed by atoms with van der Waals surface area (Å²) in [5, 5.41) is 8.76. The van der Waals surface area contributed by atoms with Crippen molar-refractivity contribution < 1.29 is 27.8 Å². The predicted octanol–water partition coefficient (Wildman–Crippen LogP) is 8.90. The van der Waals surface area contributed by atoms with Gasteiger partial charge in [-0.25, -0.2) is 0 Å². The van der Waals surface area contributed by atoms with Crippen LogP contribution >= 0.6 is 23.2 Å². The third-order valence-corrected chi connectivity index (χ3v) is 8.01. The number of halogens is 5. The van der Waals surface area contributed by atoms with Gasteiger partial charge in [-0.15, -0.1) is 11.6 Å². The number of rotatable bonds is 13. The fourth-order valence-electron chi connectivity index (χ4n) is 5.05. The highest BCUT2D eigenvalue weighted by atomic mass is 35.5. The molecule has 1 N–H and O–H groups in total. The molecule has 0 fully saturated rings. The molecule has 0 spiro atoms. The maximum Gasteiger partial charge on any atom is 0.417 e. The highest BCUT2D eigenvalue weighted by molar-refractivity contribution is 6.32. The molecule has 4 nitrogen and oxygen atoms in total. The second-order valence-electron chi connectivity index (χ2n) is 10.5. The van der Waals surface area contributed by atoms with Crippen LogP contribution in [-0.4, -0.2) is 34.6 Å². The fourth-order valence-corrected chi connectivity index (χ4v) is 5.78. The molecule has 1 unspecified atom stereocenters. The largest absolute Gasteiger partial charge is 0.493 e. The molecule has 9 heteroatoms. The molecule has 0 radical (unpaired) electrons. The van der Waals surface area contributed by atoms with Crippen LogP contribution in [0.4, 0.5) is 13.2 Å². The Morgan fingerprint density at radius 3 is 2.09 bits per heavy atom. The first kappa shape index (κ1) is 32.4. The molecular formula is C34H32Cl2F3NO3. The number of carbonyl (C=O) groups is 1. The quantitative estimate of drug-likeness (QED) is 0.118. The Hall–Kier alpha value is -3.52. The first-order valence-corrected chi connectivity index (χ1v) is 14.6. The van der Waals surface area contributed by atoms with Crippen LogP contribution in [-0.2, 0) is 23.9 Å². The number of ether oxygens (including phenoxy) is 1. The summed E-state index contributed by atoms with van der Waals surface area (Å²) < 4.78 is 47.1. The number of alkyl halides is 4. The molecule has 0 heterocycles. The van der Waals surface area contributed by atoms with Crippen molar-refractivity contribution in [3.8, 4) is 5.75 Å². The van der Waals surface area contributed by atoms with Gasteiger partial charge in [0.1, 0.15) is 5.75 Å². The van der Waals surface area contributed by atoms with E-state index in [0.717, 1.165) is 17.2 Å². The molecular weight excluding hydrogens is 598 g/mol. The lowest BCUT2D eigenvalue weighted by molar-refractivity contribution is -0.138. The van der Waals surface area contributed by atoms with E-state index in [4.69, 9.17) is 33.0 Å². The molecule has 4 aromatic rings. The molecule has 0 saturated carbocycles. The smallest absolute Gasteiger partial charge is 0.417 e. The monoisotopic (exact) mass is 629 g/mol. The number of benzene rings is 4. The zero-order valence-electron chi connectivity index (χ0n) is 23.5. The Bertz CT molecular complexity index is 1450. The van der Waals surface area contributed by atoms with Crippen molar-refractivity contribution >= 4 is 29.2 Å². The van der Waals surface area contributed by atoms with Gasteiger partial charge in [0.15, 0.2) is 0 Å². The van der Waals surface area contributed by atoms with Crippen LogP contribution in [0.1, 0.15) is 40.7 Å². The zero-order chi connectivity index (χ0) is 31.0. The Morgan fingerprint density at radius 2 is 1.51 bits per heavy atom. The van der Waals surface area contributed by atoms with E-state index in [2.05, 4.69) is 0 Å². The number of nitrogens with zero attached hydrogens (tertiary/aromatic N) is 1. The summed E-state index contributed by atoms with van der Waals surface area (Å²) in [7, 11) is 0. The third kappa shape index (κ3) is 8.99. The summed E-state index contributed by atoms with van der Waals surface area (Å²) in [6.07, 6.45) is -4.71. The molecule has 2 atom stereocenters. The predicted molar refractivity (Wildman–Crippen MR) is 164 cm³/mol. The van der Waals surface area contributed by atoms with E-state index >= 15 is 0 Å². The molecule has 226 valence electrons. The maximum atomic E-state index is 13.7. The highest BCUT2D eigenvalue weighted by Crippen LogP contribution is 2.39. The van der Waals surface area contributed by atoms with Crippen LogP contribution in [0.15, 0.2) is 103 Å². The summed E-state index contributed by atoms with van der Waals surface area (Å²) in [6, 6.07) is 30.3. The summed E-state index contributed by atoms with van der Waals surface area (Å²) in [4.78, 5) is 13.0. The van der Waals surface area contributed by atoms with Crippen LogP contribution < -0.4 is 4.74 Å². The molecule has 0 aliphatic carbocycles. The molecule has 0 aromatic heterocycles. The van der Waals surface area contributed by atoms with Crippen LogP contribution in [0.2, 0.25) is 5.02 Å². The van der Waals surface area contributed by atoms with Gasteiger partial charge in [-0.05, 0) is 40.5 Å². The maximum absolute atomic E-state index is 13.7. The molecule has 0 aliphatic rings. The number of hydrogen-bond acceptors (Lipinski definition) is 3. The Morgan fingerprint density at radius 1 is 0.907 bits per heavy atom. The minimum atomic E-state index is -4.59. The van der Waals surface area contributed by atoms with Gasteiger partial charge in [-0.3, -0.25) is 9.69 Å². The van der Waals surface area contributed by atoms with Crippen molar-refractivity contribution in [2.24, 2.45) is 5.92 Å². The van der Waals surface area contributed by atoms with Gasteiger partial charge in [0.25, 0.3) is 0 Å². The Kier molecular flexibility index (Phi) is 11.1. The summed E-state index contributed by atoms with van der Waals surface area (Å²) in [5.74, 6) is -0.809. The average Bonchev–Trinajstić information content (AvgIpc) is 2.97. The van der Waals surface area contributed by atoms with E-state index in [1.54, 1.807) is 30.3 Å². The lowest BCUT2D eigenvalue weighted by Crippen LogP contribution is -2.40. The molecule has 0 amide bonds. The van der Waals surface area contributed by atoms with Crippen molar-refractivity contribution in [3.05, 3.63) is 136 Å². The summed E-state index contributed by atoms with van der Waals surface area (Å²) >= 11 is 13.6. The minimum Gasteiger partial charge on any atom is -0.493 e. The molecule has 43 heavy (non-hydrogen) atoms.